The lowest BCUT2D eigenvalue weighted by molar-refractivity contribution is -0.145. The van der Waals surface area contributed by atoms with Crippen LogP contribution >= 0.6 is 0 Å². The van der Waals surface area contributed by atoms with Crippen LogP contribution in [0.25, 0.3) is 0 Å². The third-order valence-electron chi connectivity index (χ3n) is 2.70. The standard InChI is InChI=1S/C12H14N4O2/c1-9-13-14-15-16(9)11(12(17)18-2)8-10-6-4-3-5-7-10/h3-7,11H,8H2,1-2H3. The Morgan fingerprint density at radius 3 is 2.67 bits per heavy atom. The van der Waals surface area contributed by atoms with Gasteiger partial charge in [-0.25, -0.2) is 9.48 Å². The zero-order chi connectivity index (χ0) is 13.0. The Kier molecular flexibility index (Phi) is 3.66. The van der Waals surface area contributed by atoms with E-state index in [2.05, 4.69) is 15.5 Å². The van der Waals surface area contributed by atoms with Gasteiger partial charge in [0.2, 0.25) is 0 Å². The summed E-state index contributed by atoms with van der Waals surface area (Å²) in [6.07, 6.45) is 0.499. The van der Waals surface area contributed by atoms with Gasteiger partial charge in [0.05, 0.1) is 7.11 Å². The molecule has 1 heterocycles. The maximum atomic E-state index is 11.8. The van der Waals surface area contributed by atoms with Crippen LogP contribution in [0.15, 0.2) is 30.3 Å². The van der Waals surface area contributed by atoms with Crippen LogP contribution in [-0.2, 0) is 16.0 Å². The minimum absolute atomic E-state index is 0.353. The molecule has 1 unspecified atom stereocenters. The lowest BCUT2D eigenvalue weighted by atomic mass is 10.1. The van der Waals surface area contributed by atoms with Crippen LogP contribution in [0.2, 0.25) is 0 Å². The molecule has 0 aliphatic heterocycles. The van der Waals surface area contributed by atoms with E-state index in [9.17, 15) is 4.79 Å². The lowest BCUT2D eigenvalue weighted by Crippen LogP contribution is -2.25. The summed E-state index contributed by atoms with van der Waals surface area (Å²) < 4.78 is 6.29. The number of tetrazole rings is 1. The van der Waals surface area contributed by atoms with Crippen molar-refractivity contribution in [1.82, 2.24) is 20.2 Å². The Labute approximate surface area is 105 Å². The van der Waals surface area contributed by atoms with Crippen LogP contribution in [0.5, 0.6) is 0 Å². The number of hydrogen-bond acceptors (Lipinski definition) is 5. The van der Waals surface area contributed by atoms with Crippen LogP contribution < -0.4 is 0 Å². The minimum atomic E-state index is -0.535. The highest BCUT2D eigenvalue weighted by atomic mass is 16.5. The van der Waals surface area contributed by atoms with Gasteiger partial charge in [-0.15, -0.1) is 5.10 Å². The summed E-state index contributed by atoms with van der Waals surface area (Å²) in [6, 6.07) is 9.16. The van der Waals surface area contributed by atoms with Crippen molar-refractivity contribution >= 4 is 5.97 Å². The molecule has 1 aromatic heterocycles. The number of nitrogens with zero attached hydrogens (tertiary/aromatic N) is 4. The second kappa shape index (κ2) is 5.39. The number of aromatic nitrogens is 4. The molecule has 94 valence electrons. The summed E-state index contributed by atoms with van der Waals surface area (Å²) in [5.41, 5.74) is 1.03. The van der Waals surface area contributed by atoms with Gasteiger partial charge in [0, 0.05) is 6.42 Å². The Morgan fingerprint density at radius 1 is 1.39 bits per heavy atom. The highest BCUT2D eigenvalue weighted by Gasteiger charge is 2.24. The van der Waals surface area contributed by atoms with Gasteiger partial charge >= 0.3 is 5.97 Å². The lowest BCUT2D eigenvalue weighted by Gasteiger charge is -2.15. The van der Waals surface area contributed by atoms with Gasteiger partial charge in [0.15, 0.2) is 6.04 Å². The smallest absolute Gasteiger partial charge is 0.331 e. The van der Waals surface area contributed by atoms with Crippen LogP contribution in [0.4, 0.5) is 0 Å². The maximum absolute atomic E-state index is 11.8. The molecule has 1 atom stereocenters. The van der Waals surface area contributed by atoms with Gasteiger partial charge in [-0.2, -0.15) is 0 Å². The van der Waals surface area contributed by atoms with E-state index in [1.54, 1.807) is 6.92 Å². The summed E-state index contributed by atoms with van der Waals surface area (Å²) in [7, 11) is 1.36. The molecule has 0 radical (unpaired) electrons. The first kappa shape index (κ1) is 12.2. The molecule has 0 bridgehead atoms. The average Bonchev–Trinajstić information content (AvgIpc) is 2.82. The maximum Gasteiger partial charge on any atom is 0.331 e. The molecule has 1 aromatic carbocycles. The number of hydrogen-bond donors (Lipinski definition) is 0. The number of aryl methyl sites for hydroxylation is 1. The number of rotatable bonds is 4. The summed E-state index contributed by atoms with van der Waals surface area (Å²) in [4.78, 5) is 11.8. The fraction of sp³-hybridized carbons (Fsp3) is 0.333. The third kappa shape index (κ3) is 2.53. The fourth-order valence-electron chi connectivity index (χ4n) is 1.77. The molecule has 18 heavy (non-hydrogen) atoms. The van der Waals surface area contributed by atoms with Crippen LogP contribution in [0.3, 0.4) is 0 Å². The predicted octanol–water partition coefficient (Wildman–Crippen LogP) is 0.938. The summed E-state index contributed by atoms with van der Waals surface area (Å²) >= 11 is 0. The molecule has 0 aliphatic rings. The van der Waals surface area contributed by atoms with Gasteiger partial charge < -0.3 is 4.74 Å². The molecule has 0 saturated carbocycles. The number of methoxy groups -OCH3 is 1. The second-order valence-electron chi connectivity index (χ2n) is 3.90. The van der Waals surface area contributed by atoms with Crippen molar-refractivity contribution in [3.8, 4) is 0 Å². The predicted molar refractivity (Wildman–Crippen MR) is 63.8 cm³/mol. The number of esters is 1. The third-order valence-corrected chi connectivity index (χ3v) is 2.70. The monoisotopic (exact) mass is 246 g/mol. The number of ether oxygens (including phenoxy) is 1. The Hall–Kier alpha value is -2.24. The molecule has 2 aromatic rings. The topological polar surface area (TPSA) is 69.9 Å². The Balaban J connectivity index is 2.27. The highest BCUT2D eigenvalue weighted by molar-refractivity contribution is 5.74. The molecular formula is C12H14N4O2. The fourth-order valence-corrected chi connectivity index (χ4v) is 1.77. The summed E-state index contributed by atoms with van der Waals surface area (Å²) in [5.74, 6) is 0.232. The van der Waals surface area contributed by atoms with Crippen molar-refractivity contribution in [2.24, 2.45) is 0 Å². The first-order valence-electron chi connectivity index (χ1n) is 5.58. The van der Waals surface area contributed by atoms with E-state index < -0.39 is 6.04 Å². The van der Waals surface area contributed by atoms with Crippen LogP contribution in [0, 0.1) is 6.92 Å². The van der Waals surface area contributed by atoms with Crippen molar-refractivity contribution in [3.05, 3.63) is 41.7 Å². The molecule has 2 rings (SSSR count). The molecule has 0 aliphatic carbocycles. The van der Waals surface area contributed by atoms with Gasteiger partial charge in [0.1, 0.15) is 5.82 Å². The van der Waals surface area contributed by atoms with E-state index >= 15 is 0 Å². The quantitative estimate of drug-likeness (QED) is 0.751. The Morgan fingerprint density at radius 2 is 2.11 bits per heavy atom. The average molecular weight is 246 g/mol. The number of carbonyl (C=O) groups excluding carboxylic acids is 1. The molecule has 6 heteroatoms. The van der Waals surface area contributed by atoms with Crippen molar-refractivity contribution < 1.29 is 9.53 Å². The van der Waals surface area contributed by atoms with Gasteiger partial charge in [0.25, 0.3) is 0 Å². The zero-order valence-electron chi connectivity index (χ0n) is 10.3. The normalized spacial score (nSPS) is 12.1. The first-order chi connectivity index (χ1) is 8.72. The number of benzene rings is 1. The SMILES string of the molecule is COC(=O)C(Cc1ccccc1)n1nnnc1C. The minimum Gasteiger partial charge on any atom is -0.467 e. The van der Waals surface area contributed by atoms with E-state index in [1.807, 2.05) is 30.3 Å². The first-order valence-corrected chi connectivity index (χ1v) is 5.58. The molecular weight excluding hydrogens is 232 g/mol. The van der Waals surface area contributed by atoms with E-state index in [4.69, 9.17) is 4.74 Å². The zero-order valence-corrected chi connectivity index (χ0v) is 10.3. The van der Waals surface area contributed by atoms with E-state index in [-0.39, 0.29) is 5.97 Å². The summed E-state index contributed by atoms with van der Waals surface area (Å²) in [5, 5.41) is 11.2. The van der Waals surface area contributed by atoms with Crippen molar-refractivity contribution in [1.29, 1.82) is 0 Å². The number of carbonyl (C=O) groups is 1. The molecule has 0 N–H and O–H groups in total. The van der Waals surface area contributed by atoms with Crippen LogP contribution in [0.1, 0.15) is 17.4 Å². The van der Waals surface area contributed by atoms with Crippen molar-refractivity contribution in [3.63, 3.8) is 0 Å². The van der Waals surface area contributed by atoms with Gasteiger partial charge in [-0.05, 0) is 22.9 Å². The van der Waals surface area contributed by atoms with Crippen LogP contribution in [-0.4, -0.2) is 33.3 Å². The second-order valence-corrected chi connectivity index (χ2v) is 3.90. The molecule has 0 saturated heterocycles. The molecule has 0 spiro atoms. The highest BCUT2D eigenvalue weighted by Crippen LogP contribution is 2.15. The van der Waals surface area contributed by atoms with E-state index in [0.717, 1.165) is 5.56 Å². The Bertz CT molecular complexity index is 524. The molecule has 6 nitrogen and oxygen atoms in total. The molecule has 0 amide bonds. The van der Waals surface area contributed by atoms with Gasteiger partial charge in [-0.3, -0.25) is 0 Å². The van der Waals surface area contributed by atoms with E-state index in [1.165, 1.54) is 11.8 Å². The van der Waals surface area contributed by atoms with E-state index in [0.29, 0.717) is 12.2 Å². The largest absolute Gasteiger partial charge is 0.467 e. The van der Waals surface area contributed by atoms with Gasteiger partial charge in [-0.1, -0.05) is 30.3 Å². The van der Waals surface area contributed by atoms with Crippen molar-refractivity contribution in [2.45, 2.75) is 19.4 Å². The molecule has 0 fully saturated rings. The summed E-state index contributed by atoms with van der Waals surface area (Å²) in [6.45, 7) is 1.75. The van der Waals surface area contributed by atoms with Crippen molar-refractivity contribution in [2.75, 3.05) is 7.11 Å².